The Balaban J connectivity index is 1.70. The second kappa shape index (κ2) is 7.01. The Labute approximate surface area is 184 Å². The minimum absolute atomic E-state index is 0.131. The Morgan fingerprint density at radius 2 is 1.23 bits per heavy atom. The number of nitrogens with zero attached hydrogens (tertiary/aromatic N) is 1. The highest BCUT2D eigenvalue weighted by atomic mass is 32.2. The van der Waals surface area contributed by atoms with Gasteiger partial charge in [0.1, 0.15) is 4.90 Å². The summed E-state index contributed by atoms with van der Waals surface area (Å²) in [4.78, 5) is 25.6. The maximum Gasteiger partial charge on any atom is 0.357 e. The summed E-state index contributed by atoms with van der Waals surface area (Å²) in [6, 6.07) is 15.3. The second-order valence-corrected chi connectivity index (χ2v) is 10.9. The molecule has 9 heteroatoms. The zero-order valence-electron chi connectivity index (χ0n) is 16.4. The number of hydrogen-bond donors (Lipinski definition) is 0. The van der Waals surface area contributed by atoms with Crippen LogP contribution in [0.4, 0.5) is 0 Å². The molecule has 0 amide bonds. The monoisotopic (exact) mass is 469 g/mol. The predicted octanol–water partition coefficient (Wildman–Crippen LogP) is 4.23. The maximum absolute atomic E-state index is 12.9. The van der Waals surface area contributed by atoms with Crippen molar-refractivity contribution >= 4 is 62.4 Å². The Bertz CT molecular complexity index is 1730. The predicted molar refractivity (Wildman–Crippen MR) is 125 cm³/mol. The smallest absolute Gasteiger partial charge is 0.277 e. The molecule has 0 unspecified atom stereocenters. The molecule has 0 bridgehead atoms. The Morgan fingerprint density at radius 1 is 0.710 bits per heavy atom. The van der Waals surface area contributed by atoms with Gasteiger partial charge in [0, 0.05) is 18.8 Å². The van der Waals surface area contributed by atoms with Crippen molar-refractivity contribution in [1.82, 2.24) is 4.73 Å². The van der Waals surface area contributed by atoms with Crippen molar-refractivity contribution in [1.29, 1.82) is 0 Å². The van der Waals surface area contributed by atoms with Crippen molar-refractivity contribution < 1.29 is 12.7 Å². The SMILES string of the molecule is Cc1ccc(S(=O)(=O)On2c(=O)c3cc4sc5ccc(C)cc5sc4cc3c2=O)cc1. The molecule has 5 rings (SSSR count). The molecule has 5 aromatic rings. The summed E-state index contributed by atoms with van der Waals surface area (Å²) in [5, 5.41) is 0.263. The molecule has 0 aliphatic carbocycles. The molecule has 6 nitrogen and oxygen atoms in total. The fraction of sp³-hybridized carbons (Fsp3) is 0.0909. The highest BCUT2D eigenvalue weighted by Crippen LogP contribution is 2.34. The van der Waals surface area contributed by atoms with Gasteiger partial charge in [-0.1, -0.05) is 28.5 Å². The van der Waals surface area contributed by atoms with Gasteiger partial charge in [-0.15, -0.1) is 22.7 Å². The van der Waals surface area contributed by atoms with Crippen LogP contribution in [0.5, 0.6) is 0 Å². The number of benzene rings is 3. The molecule has 2 aromatic heterocycles. The molecule has 3 aromatic carbocycles. The second-order valence-electron chi connectivity index (χ2n) is 7.25. The van der Waals surface area contributed by atoms with Gasteiger partial charge in [0.15, 0.2) is 0 Å². The number of aryl methyl sites for hydroxylation is 2. The lowest BCUT2D eigenvalue weighted by Crippen LogP contribution is -2.35. The fourth-order valence-electron chi connectivity index (χ4n) is 3.31. The largest absolute Gasteiger partial charge is 0.357 e. The highest BCUT2D eigenvalue weighted by Gasteiger charge is 2.23. The minimum atomic E-state index is -4.34. The molecule has 0 N–H and O–H groups in total. The standard InChI is InChI=1S/C22H15NO5S3/c1-12-3-6-14(7-4-12)31(26,27)28-23-21(24)15-10-19-20(11-16(15)22(23)25)30-18-9-13(2)5-8-17(18)29-19/h3-11H,1-2H3. The summed E-state index contributed by atoms with van der Waals surface area (Å²) in [7, 11) is -4.34. The van der Waals surface area contributed by atoms with E-state index in [0.717, 1.165) is 29.9 Å². The van der Waals surface area contributed by atoms with Crippen molar-refractivity contribution in [3.05, 3.63) is 86.4 Å². The molecule has 0 aliphatic rings. The molecule has 0 atom stereocenters. The van der Waals surface area contributed by atoms with Crippen LogP contribution in [0.25, 0.3) is 29.6 Å². The summed E-state index contributed by atoms with van der Waals surface area (Å²) < 4.78 is 34.3. The number of aromatic nitrogens is 1. The summed E-state index contributed by atoms with van der Waals surface area (Å²) in [5.74, 6) is 0. The van der Waals surface area contributed by atoms with Crippen molar-refractivity contribution in [2.24, 2.45) is 0 Å². The minimum Gasteiger partial charge on any atom is -0.277 e. The third-order valence-corrected chi connectivity index (χ3v) is 8.64. The lowest BCUT2D eigenvalue weighted by molar-refractivity contribution is 0.263. The molecule has 0 radical (unpaired) electrons. The van der Waals surface area contributed by atoms with Gasteiger partial charge >= 0.3 is 10.1 Å². The Kier molecular flexibility index (Phi) is 4.51. The number of rotatable bonds is 3. The molecule has 156 valence electrons. The first-order valence-electron chi connectivity index (χ1n) is 9.27. The van der Waals surface area contributed by atoms with E-state index in [9.17, 15) is 18.0 Å². The summed E-state index contributed by atoms with van der Waals surface area (Å²) in [6.45, 7) is 3.83. The molecular weight excluding hydrogens is 454 g/mol. The quantitative estimate of drug-likeness (QED) is 0.370. The van der Waals surface area contributed by atoms with Crippen LogP contribution in [0.2, 0.25) is 0 Å². The van der Waals surface area contributed by atoms with Crippen molar-refractivity contribution in [2.45, 2.75) is 18.7 Å². The van der Waals surface area contributed by atoms with Crippen molar-refractivity contribution in [3.8, 4) is 0 Å². The fourth-order valence-corrected chi connectivity index (χ4v) is 6.56. The van der Waals surface area contributed by atoms with Gasteiger partial charge in [-0.3, -0.25) is 13.9 Å². The van der Waals surface area contributed by atoms with Gasteiger partial charge in [0.25, 0.3) is 11.1 Å². The molecule has 0 spiro atoms. The number of fused-ring (bicyclic) bond motifs is 3. The molecule has 0 fully saturated rings. The van der Waals surface area contributed by atoms with Gasteiger partial charge < -0.3 is 0 Å². The van der Waals surface area contributed by atoms with Gasteiger partial charge in [-0.25, -0.2) is 0 Å². The molecule has 2 heterocycles. The summed E-state index contributed by atoms with van der Waals surface area (Å²) in [6.07, 6.45) is 0. The first kappa shape index (κ1) is 19.9. The highest BCUT2D eigenvalue weighted by molar-refractivity contribution is 7.87. The van der Waals surface area contributed by atoms with Gasteiger partial charge in [-0.05, 0) is 55.8 Å². The van der Waals surface area contributed by atoms with Crippen LogP contribution in [0, 0.1) is 13.8 Å². The topological polar surface area (TPSA) is 82.4 Å². The van der Waals surface area contributed by atoms with Crippen LogP contribution in [0.3, 0.4) is 0 Å². The first-order valence-corrected chi connectivity index (χ1v) is 12.3. The molecule has 31 heavy (non-hydrogen) atoms. The maximum atomic E-state index is 12.9. The normalized spacial score (nSPS) is 12.1. The van der Waals surface area contributed by atoms with E-state index in [2.05, 4.69) is 6.07 Å². The number of hydrogen-bond acceptors (Lipinski definition) is 7. The van der Waals surface area contributed by atoms with Crippen LogP contribution in [-0.2, 0) is 10.1 Å². The van der Waals surface area contributed by atoms with Crippen LogP contribution in [0.15, 0.2) is 69.1 Å². The Morgan fingerprint density at radius 3 is 1.84 bits per heavy atom. The van der Waals surface area contributed by atoms with Crippen LogP contribution < -0.4 is 15.4 Å². The van der Waals surface area contributed by atoms with Crippen LogP contribution >= 0.6 is 22.7 Å². The van der Waals surface area contributed by atoms with E-state index in [1.165, 1.54) is 34.8 Å². The van der Waals surface area contributed by atoms with Crippen molar-refractivity contribution in [3.63, 3.8) is 0 Å². The Hall–Kier alpha value is -3.01. The third-order valence-electron chi connectivity index (χ3n) is 4.93. The van der Waals surface area contributed by atoms with E-state index in [0.29, 0.717) is 4.73 Å². The zero-order chi connectivity index (χ0) is 21.9. The van der Waals surface area contributed by atoms with Crippen molar-refractivity contribution in [2.75, 3.05) is 0 Å². The first-order chi connectivity index (χ1) is 14.7. The van der Waals surface area contributed by atoms with E-state index >= 15 is 0 Å². The summed E-state index contributed by atoms with van der Waals surface area (Å²) in [5.41, 5.74) is 0.415. The molecule has 0 saturated carbocycles. The van der Waals surface area contributed by atoms with E-state index in [4.69, 9.17) is 4.28 Å². The van der Waals surface area contributed by atoms with E-state index in [1.54, 1.807) is 24.3 Å². The average molecular weight is 470 g/mol. The molecule has 0 aliphatic heterocycles. The van der Waals surface area contributed by atoms with E-state index < -0.39 is 21.2 Å². The summed E-state index contributed by atoms with van der Waals surface area (Å²) >= 11 is 3.03. The third kappa shape index (κ3) is 3.34. The van der Waals surface area contributed by atoms with E-state index in [-0.39, 0.29) is 15.7 Å². The van der Waals surface area contributed by atoms with Gasteiger partial charge in [0.05, 0.1) is 10.8 Å². The van der Waals surface area contributed by atoms with Crippen LogP contribution in [-0.4, -0.2) is 13.1 Å². The van der Waals surface area contributed by atoms with Gasteiger partial charge in [0.2, 0.25) is 0 Å². The molecule has 0 saturated heterocycles. The van der Waals surface area contributed by atoms with Crippen LogP contribution in [0.1, 0.15) is 11.1 Å². The zero-order valence-corrected chi connectivity index (χ0v) is 18.9. The molecular formula is C22H15NO5S3. The lowest BCUT2D eigenvalue weighted by Gasteiger charge is -2.05. The average Bonchev–Trinajstić information content (AvgIpc) is 2.95. The van der Waals surface area contributed by atoms with E-state index in [1.807, 2.05) is 26.0 Å². The van der Waals surface area contributed by atoms with Gasteiger partial charge in [-0.2, -0.15) is 8.42 Å². The lowest BCUT2D eigenvalue weighted by atomic mass is 10.2.